The van der Waals surface area contributed by atoms with Gasteiger partial charge in [0, 0.05) is 18.8 Å². The quantitative estimate of drug-likeness (QED) is 0.851. The second-order valence-corrected chi connectivity index (χ2v) is 4.76. The number of hydrogen-bond donors (Lipinski definition) is 2. The molecule has 0 spiro atoms. The molecule has 106 valence electrons. The minimum atomic E-state index is -0.287. The Balaban J connectivity index is 1.97. The summed E-state index contributed by atoms with van der Waals surface area (Å²) in [5.74, 6) is 0. The highest BCUT2D eigenvalue weighted by Gasteiger charge is 2.14. The molecule has 7 heteroatoms. The van der Waals surface area contributed by atoms with E-state index in [2.05, 4.69) is 20.7 Å². The van der Waals surface area contributed by atoms with Gasteiger partial charge in [0.15, 0.2) is 0 Å². The molecule has 0 fully saturated rings. The van der Waals surface area contributed by atoms with E-state index in [9.17, 15) is 4.79 Å². The van der Waals surface area contributed by atoms with Crippen LogP contribution in [0.5, 0.6) is 0 Å². The molecule has 0 aliphatic rings. The normalized spacial score (nSPS) is 11.9. The lowest BCUT2D eigenvalue weighted by Crippen LogP contribution is -2.32. The summed E-state index contributed by atoms with van der Waals surface area (Å²) in [5, 5.41) is 10.1. The molecule has 0 aliphatic heterocycles. The summed E-state index contributed by atoms with van der Waals surface area (Å²) < 4.78 is 1.71. The number of nitrogens with zero attached hydrogens (tertiary/aromatic N) is 3. The van der Waals surface area contributed by atoms with Gasteiger partial charge in [0.2, 0.25) is 0 Å². The van der Waals surface area contributed by atoms with Crippen LogP contribution >= 0.6 is 11.6 Å². The third-order valence-electron chi connectivity index (χ3n) is 2.83. The second-order valence-electron chi connectivity index (χ2n) is 4.38. The predicted octanol–water partition coefficient (Wildman–Crippen LogP) is 2.74. The zero-order valence-electron chi connectivity index (χ0n) is 11.3. The molecule has 0 aromatic carbocycles. The molecule has 2 amide bonds. The van der Waals surface area contributed by atoms with Gasteiger partial charge in [-0.25, -0.2) is 9.78 Å². The van der Waals surface area contributed by atoms with Gasteiger partial charge >= 0.3 is 6.03 Å². The number of carbonyl (C=O) groups is 1. The zero-order chi connectivity index (χ0) is 14.5. The number of anilines is 1. The van der Waals surface area contributed by atoms with Crippen LogP contribution in [0.15, 0.2) is 30.7 Å². The van der Waals surface area contributed by atoms with E-state index >= 15 is 0 Å². The number of aromatic nitrogens is 3. The van der Waals surface area contributed by atoms with Gasteiger partial charge in [-0.1, -0.05) is 18.5 Å². The van der Waals surface area contributed by atoms with Gasteiger partial charge in [-0.05, 0) is 18.6 Å². The first kappa shape index (κ1) is 14.3. The molecule has 0 saturated heterocycles. The summed E-state index contributed by atoms with van der Waals surface area (Å²) in [6.45, 7) is 2.00. The average molecular weight is 294 g/mol. The van der Waals surface area contributed by atoms with Crippen molar-refractivity contribution in [2.45, 2.75) is 19.4 Å². The number of urea groups is 1. The fourth-order valence-corrected chi connectivity index (χ4v) is 1.93. The summed E-state index contributed by atoms with van der Waals surface area (Å²) in [6.07, 6.45) is 5.92. The third kappa shape index (κ3) is 3.71. The van der Waals surface area contributed by atoms with Crippen LogP contribution in [0.1, 0.15) is 24.9 Å². The molecule has 2 N–H and O–H groups in total. The van der Waals surface area contributed by atoms with E-state index in [1.54, 1.807) is 23.0 Å². The minimum Gasteiger partial charge on any atom is -0.331 e. The van der Waals surface area contributed by atoms with Crippen molar-refractivity contribution in [3.05, 3.63) is 41.4 Å². The molecule has 2 aromatic heterocycles. The summed E-state index contributed by atoms with van der Waals surface area (Å²) in [6, 6.07) is 2.95. The molecule has 1 atom stereocenters. The lowest BCUT2D eigenvalue weighted by molar-refractivity contribution is 0.248. The average Bonchev–Trinajstić information content (AvgIpc) is 2.85. The summed E-state index contributed by atoms with van der Waals surface area (Å²) >= 11 is 5.69. The van der Waals surface area contributed by atoms with Crippen LogP contribution in [0, 0.1) is 0 Å². The Morgan fingerprint density at radius 1 is 1.45 bits per heavy atom. The van der Waals surface area contributed by atoms with Crippen LogP contribution in [0.25, 0.3) is 0 Å². The van der Waals surface area contributed by atoms with Gasteiger partial charge in [-0.15, -0.1) is 0 Å². The Labute approximate surface area is 122 Å². The molecule has 6 nitrogen and oxygen atoms in total. The second kappa shape index (κ2) is 6.38. The van der Waals surface area contributed by atoms with Gasteiger partial charge in [0.1, 0.15) is 5.15 Å². The fourth-order valence-electron chi connectivity index (χ4n) is 1.82. The molecule has 2 aromatic rings. The topological polar surface area (TPSA) is 71.8 Å². The zero-order valence-corrected chi connectivity index (χ0v) is 12.1. The number of hydrogen-bond acceptors (Lipinski definition) is 3. The van der Waals surface area contributed by atoms with Crippen LogP contribution in [-0.4, -0.2) is 20.8 Å². The monoisotopic (exact) mass is 293 g/mol. The fraction of sp³-hybridized carbons (Fsp3) is 0.308. The SMILES string of the molecule is CCC(NC(=O)Nc1ccc(Cl)nc1)c1cnn(C)c1. The molecule has 0 bridgehead atoms. The molecular weight excluding hydrogens is 278 g/mol. The highest BCUT2D eigenvalue weighted by molar-refractivity contribution is 6.29. The van der Waals surface area contributed by atoms with E-state index in [1.165, 1.54) is 6.20 Å². The molecule has 0 saturated carbocycles. The maximum Gasteiger partial charge on any atom is 0.319 e. The lowest BCUT2D eigenvalue weighted by atomic mass is 10.1. The van der Waals surface area contributed by atoms with E-state index in [0.29, 0.717) is 10.8 Å². The molecule has 0 radical (unpaired) electrons. The first-order valence-electron chi connectivity index (χ1n) is 6.26. The number of amides is 2. The highest BCUT2D eigenvalue weighted by Crippen LogP contribution is 2.16. The summed E-state index contributed by atoms with van der Waals surface area (Å²) in [4.78, 5) is 15.8. The van der Waals surface area contributed by atoms with Crippen molar-refractivity contribution in [2.75, 3.05) is 5.32 Å². The largest absolute Gasteiger partial charge is 0.331 e. The number of halogens is 1. The van der Waals surface area contributed by atoms with Gasteiger partial charge in [0.25, 0.3) is 0 Å². The van der Waals surface area contributed by atoms with Crippen LogP contribution in [0.4, 0.5) is 10.5 Å². The van der Waals surface area contributed by atoms with Crippen molar-refractivity contribution in [3.8, 4) is 0 Å². The Bertz CT molecular complexity index is 581. The number of aryl methyl sites for hydroxylation is 1. The van der Waals surface area contributed by atoms with Gasteiger partial charge < -0.3 is 10.6 Å². The first-order valence-corrected chi connectivity index (χ1v) is 6.64. The van der Waals surface area contributed by atoms with Gasteiger partial charge in [-0.3, -0.25) is 4.68 Å². The third-order valence-corrected chi connectivity index (χ3v) is 3.05. The van der Waals surface area contributed by atoms with Gasteiger partial charge in [0.05, 0.1) is 24.1 Å². The molecular formula is C13H16ClN5O. The van der Waals surface area contributed by atoms with E-state index in [0.717, 1.165) is 12.0 Å². The van der Waals surface area contributed by atoms with Crippen molar-refractivity contribution < 1.29 is 4.79 Å². The molecule has 2 heterocycles. The Kier molecular flexibility index (Phi) is 4.57. The van der Waals surface area contributed by atoms with Crippen molar-refractivity contribution in [1.29, 1.82) is 0 Å². The van der Waals surface area contributed by atoms with E-state index in [-0.39, 0.29) is 12.1 Å². The minimum absolute atomic E-state index is 0.0797. The van der Waals surface area contributed by atoms with Gasteiger partial charge in [-0.2, -0.15) is 5.10 Å². The summed E-state index contributed by atoms with van der Waals surface area (Å²) in [7, 11) is 1.84. The van der Waals surface area contributed by atoms with Crippen LogP contribution in [0.2, 0.25) is 5.15 Å². The number of nitrogens with one attached hydrogen (secondary N) is 2. The highest BCUT2D eigenvalue weighted by atomic mass is 35.5. The molecule has 2 rings (SSSR count). The van der Waals surface area contributed by atoms with E-state index < -0.39 is 0 Å². The molecule has 20 heavy (non-hydrogen) atoms. The Hall–Kier alpha value is -2.08. The van der Waals surface area contributed by atoms with Crippen LogP contribution in [0.3, 0.4) is 0 Å². The summed E-state index contributed by atoms with van der Waals surface area (Å²) in [5.41, 5.74) is 1.56. The molecule has 1 unspecified atom stereocenters. The van der Waals surface area contributed by atoms with E-state index in [1.807, 2.05) is 20.2 Å². The maximum absolute atomic E-state index is 11.9. The smallest absolute Gasteiger partial charge is 0.319 e. The molecule has 0 aliphatic carbocycles. The van der Waals surface area contributed by atoms with Crippen molar-refractivity contribution in [3.63, 3.8) is 0 Å². The number of rotatable bonds is 4. The Morgan fingerprint density at radius 3 is 2.80 bits per heavy atom. The number of pyridine rings is 1. The number of carbonyl (C=O) groups excluding carboxylic acids is 1. The van der Waals surface area contributed by atoms with Crippen molar-refractivity contribution >= 4 is 23.3 Å². The standard InChI is InChI=1S/C13H16ClN5O/c1-3-11(9-6-16-19(2)8-9)18-13(20)17-10-4-5-12(14)15-7-10/h4-8,11H,3H2,1-2H3,(H2,17,18,20). The maximum atomic E-state index is 11.9. The van der Waals surface area contributed by atoms with Crippen LogP contribution < -0.4 is 10.6 Å². The Morgan fingerprint density at radius 2 is 2.25 bits per heavy atom. The van der Waals surface area contributed by atoms with Crippen molar-refractivity contribution in [2.24, 2.45) is 7.05 Å². The van der Waals surface area contributed by atoms with E-state index in [4.69, 9.17) is 11.6 Å². The first-order chi connectivity index (χ1) is 9.58. The predicted molar refractivity (Wildman–Crippen MR) is 77.6 cm³/mol. The lowest BCUT2D eigenvalue weighted by Gasteiger charge is -2.16. The van der Waals surface area contributed by atoms with Crippen molar-refractivity contribution in [1.82, 2.24) is 20.1 Å². The van der Waals surface area contributed by atoms with Crippen LogP contribution in [-0.2, 0) is 7.05 Å².